The van der Waals surface area contributed by atoms with E-state index in [9.17, 15) is 0 Å². The summed E-state index contributed by atoms with van der Waals surface area (Å²) in [5.74, 6) is 1.52. The predicted molar refractivity (Wildman–Crippen MR) is 61.9 cm³/mol. The van der Waals surface area contributed by atoms with E-state index in [0.717, 1.165) is 12.2 Å². The number of hydrogen-bond donors (Lipinski definition) is 1. The molecule has 0 bridgehead atoms. The Bertz CT molecular complexity index is 333. The normalized spacial score (nSPS) is 29.7. The fourth-order valence-electron chi connectivity index (χ4n) is 2.20. The van der Waals surface area contributed by atoms with Crippen LogP contribution in [0.4, 0.5) is 0 Å². The summed E-state index contributed by atoms with van der Waals surface area (Å²) in [4.78, 5) is 0. The molecular formula is C13H19NO. The van der Waals surface area contributed by atoms with Gasteiger partial charge in [0.15, 0.2) is 0 Å². The summed E-state index contributed by atoms with van der Waals surface area (Å²) in [6, 6.07) is 8.22. The Morgan fingerprint density at radius 3 is 2.47 bits per heavy atom. The van der Waals surface area contributed by atoms with Gasteiger partial charge in [0.05, 0.1) is 6.61 Å². The number of benzene rings is 1. The van der Waals surface area contributed by atoms with Crippen LogP contribution in [0, 0.1) is 5.92 Å². The third-order valence-electron chi connectivity index (χ3n) is 3.57. The predicted octanol–water partition coefficient (Wildman–Crippen LogP) is 2.67. The van der Waals surface area contributed by atoms with E-state index in [1.807, 2.05) is 19.1 Å². The largest absolute Gasteiger partial charge is 0.494 e. The maximum atomic E-state index is 6.35. The Hall–Kier alpha value is -1.02. The van der Waals surface area contributed by atoms with Gasteiger partial charge in [0.2, 0.25) is 0 Å². The molecule has 0 saturated heterocycles. The van der Waals surface area contributed by atoms with Crippen molar-refractivity contribution in [2.45, 2.75) is 32.2 Å². The van der Waals surface area contributed by atoms with E-state index >= 15 is 0 Å². The molecule has 0 aliphatic heterocycles. The van der Waals surface area contributed by atoms with Crippen molar-refractivity contribution >= 4 is 0 Å². The molecule has 1 aromatic carbocycles. The molecule has 2 unspecified atom stereocenters. The minimum Gasteiger partial charge on any atom is -0.494 e. The van der Waals surface area contributed by atoms with Crippen molar-refractivity contribution in [3.8, 4) is 5.75 Å². The van der Waals surface area contributed by atoms with E-state index < -0.39 is 0 Å². The lowest BCUT2D eigenvalue weighted by Crippen LogP contribution is -2.50. The van der Waals surface area contributed by atoms with Crippen LogP contribution in [0.25, 0.3) is 0 Å². The molecule has 2 rings (SSSR count). The highest BCUT2D eigenvalue weighted by Crippen LogP contribution is 2.44. The van der Waals surface area contributed by atoms with Crippen LogP contribution in [0.3, 0.4) is 0 Å². The molecular weight excluding hydrogens is 186 g/mol. The van der Waals surface area contributed by atoms with Crippen molar-refractivity contribution in [2.75, 3.05) is 6.61 Å². The van der Waals surface area contributed by atoms with E-state index in [-0.39, 0.29) is 5.54 Å². The minimum atomic E-state index is -0.0925. The van der Waals surface area contributed by atoms with Crippen molar-refractivity contribution in [1.82, 2.24) is 0 Å². The van der Waals surface area contributed by atoms with Crippen molar-refractivity contribution in [3.05, 3.63) is 29.8 Å². The summed E-state index contributed by atoms with van der Waals surface area (Å²) in [7, 11) is 0. The molecule has 1 aliphatic carbocycles. The van der Waals surface area contributed by atoms with Gasteiger partial charge in [-0.3, -0.25) is 0 Å². The van der Waals surface area contributed by atoms with Gasteiger partial charge >= 0.3 is 0 Å². The molecule has 1 saturated carbocycles. The molecule has 0 radical (unpaired) electrons. The first kappa shape index (κ1) is 10.5. The standard InChI is InChI=1S/C13H19NO/c1-3-15-12-6-4-11(5-7-12)13(14)9-8-10(13)2/h4-7,10H,3,8-9,14H2,1-2H3. The Balaban J connectivity index is 2.16. The van der Waals surface area contributed by atoms with Crippen LogP contribution in [0.1, 0.15) is 32.3 Å². The molecule has 1 aliphatic rings. The summed E-state index contributed by atoms with van der Waals surface area (Å²) >= 11 is 0. The monoisotopic (exact) mass is 205 g/mol. The lowest BCUT2D eigenvalue weighted by atomic mass is 9.64. The van der Waals surface area contributed by atoms with Crippen LogP contribution in [0.15, 0.2) is 24.3 Å². The highest BCUT2D eigenvalue weighted by Gasteiger charge is 2.41. The summed E-state index contributed by atoms with van der Waals surface area (Å²) < 4.78 is 5.41. The Morgan fingerprint density at radius 1 is 1.40 bits per heavy atom. The SMILES string of the molecule is CCOc1ccc(C2(N)CCC2C)cc1. The number of ether oxygens (including phenoxy) is 1. The second kappa shape index (κ2) is 3.86. The van der Waals surface area contributed by atoms with Gasteiger partial charge in [-0.05, 0) is 43.4 Å². The molecule has 0 aromatic heterocycles. The molecule has 0 amide bonds. The van der Waals surface area contributed by atoms with Crippen LogP contribution >= 0.6 is 0 Å². The van der Waals surface area contributed by atoms with E-state index in [4.69, 9.17) is 10.5 Å². The second-order valence-electron chi connectivity index (χ2n) is 4.44. The highest BCUT2D eigenvalue weighted by atomic mass is 16.5. The molecule has 2 N–H and O–H groups in total. The van der Waals surface area contributed by atoms with Crippen LogP contribution in [0.5, 0.6) is 5.75 Å². The van der Waals surface area contributed by atoms with E-state index in [1.54, 1.807) is 0 Å². The molecule has 2 heteroatoms. The van der Waals surface area contributed by atoms with Gasteiger partial charge in [-0.1, -0.05) is 19.1 Å². The van der Waals surface area contributed by atoms with Gasteiger partial charge in [-0.25, -0.2) is 0 Å². The van der Waals surface area contributed by atoms with E-state index in [1.165, 1.54) is 12.0 Å². The third kappa shape index (κ3) is 1.74. The molecule has 1 aromatic rings. The zero-order valence-electron chi connectivity index (χ0n) is 9.49. The number of nitrogens with two attached hydrogens (primary N) is 1. The average Bonchev–Trinajstić information content (AvgIpc) is 2.27. The smallest absolute Gasteiger partial charge is 0.119 e. The molecule has 15 heavy (non-hydrogen) atoms. The lowest BCUT2D eigenvalue weighted by molar-refractivity contribution is 0.145. The third-order valence-corrected chi connectivity index (χ3v) is 3.57. The molecule has 2 atom stereocenters. The fraction of sp³-hybridized carbons (Fsp3) is 0.538. The molecule has 2 nitrogen and oxygen atoms in total. The van der Waals surface area contributed by atoms with Crippen LogP contribution in [-0.4, -0.2) is 6.61 Å². The molecule has 0 spiro atoms. The summed E-state index contributed by atoms with van der Waals surface area (Å²) in [5, 5.41) is 0. The van der Waals surface area contributed by atoms with Crippen molar-refractivity contribution in [1.29, 1.82) is 0 Å². The first-order valence-electron chi connectivity index (χ1n) is 5.69. The Labute approximate surface area is 91.4 Å². The first-order chi connectivity index (χ1) is 7.16. The first-order valence-corrected chi connectivity index (χ1v) is 5.69. The van der Waals surface area contributed by atoms with Gasteiger partial charge in [0, 0.05) is 5.54 Å². The van der Waals surface area contributed by atoms with Crippen LogP contribution < -0.4 is 10.5 Å². The zero-order chi connectivity index (χ0) is 10.9. The van der Waals surface area contributed by atoms with Crippen LogP contribution in [0.2, 0.25) is 0 Å². The maximum Gasteiger partial charge on any atom is 0.119 e. The van der Waals surface area contributed by atoms with Crippen molar-refractivity contribution < 1.29 is 4.74 Å². The van der Waals surface area contributed by atoms with Gasteiger partial charge in [-0.2, -0.15) is 0 Å². The van der Waals surface area contributed by atoms with Crippen LogP contribution in [-0.2, 0) is 5.54 Å². The topological polar surface area (TPSA) is 35.2 Å². The Morgan fingerprint density at radius 2 is 2.07 bits per heavy atom. The summed E-state index contributed by atoms with van der Waals surface area (Å²) in [6.45, 7) is 4.93. The van der Waals surface area contributed by atoms with Crippen molar-refractivity contribution in [2.24, 2.45) is 11.7 Å². The number of rotatable bonds is 3. The lowest BCUT2D eigenvalue weighted by Gasteiger charge is -2.45. The Kier molecular flexibility index (Phi) is 2.70. The molecule has 1 fully saturated rings. The quantitative estimate of drug-likeness (QED) is 0.823. The van der Waals surface area contributed by atoms with E-state index in [2.05, 4.69) is 19.1 Å². The van der Waals surface area contributed by atoms with Gasteiger partial charge in [0.1, 0.15) is 5.75 Å². The summed E-state index contributed by atoms with van der Waals surface area (Å²) in [5.41, 5.74) is 7.50. The maximum absolute atomic E-state index is 6.35. The van der Waals surface area contributed by atoms with Gasteiger partial charge < -0.3 is 10.5 Å². The zero-order valence-corrected chi connectivity index (χ0v) is 9.49. The fourth-order valence-corrected chi connectivity index (χ4v) is 2.20. The summed E-state index contributed by atoms with van der Waals surface area (Å²) in [6.07, 6.45) is 2.34. The molecule has 82 valence electrons. The number of hydrogen-bond acceptors (Lipinski definition) is 2. The highest BCUT2D eigenvalue weighted by molar-refractivity contribution is 5.33. The van der Waals surface area contributed by atoms with Crippen molar-refractivity contribution in [3.63, 3.8) is 0 Å². The minimum absolute atomic E-state index is 0.0925. The average molecular weight is 205 g/mol. The van der Waals surface area contributed by atoms with Gasteiger partial charge in [0.25, 0.3) is 0 Å². The molecule has 0 heterocycles. The second-order valence-corrected chi connectivity index (χ2v) is 4.44. The van der Waals surface area contributed by atoms with E-state index in [0.29, 0.717) is 12.5 Å². The van der Waals surface area contributed by atoms with Gasteiger partial charge in [-0.15, -0.1) is 0 Å².